The Labute approximate surface area is 505 Å². The van der Waals surface area contributed by atoms with Crippen LogP contribution in [-0.2, 0) is 0 Å². The van der Waals surface area contributed by atoms with E-state index in [0.29, 0.717) is 87.4 Å². The number of nitrogens with zero attached hydrogens (tertiary/aromatic N) is 17. The molecular formula is C71H53N17. The van der Waals surface area contributed by atoms with Gasteiger partial charge in [-0.1, -0.05) is 91.0 Å². The van der Waals surface area contributed by atoms with Crippen LogP contribution in [0, 0.1) is 55.4 Å². The quantitative estimate of drug-likeness (QED) is 0.125. The SMILES string of the molecule is Cc1nc(C)nc(-c2ccc3c(c2)c2cc(-c4nc(C)nc(C)n4)ccc2n3-c2ccccc2-c2ccc(-c3nc(-c4ccccc4)nc(-c4ccccc4)n3)cc2-n2c3ccc(-c4nc(C)nc(C)n4)cc3c3cc(-c4nc(C)nc(C)n4)ccc32)n1. The third-order valence-electron chi connectivity index (χ3n) is 15.6. The number of para-hydroxylation sites is 1. The van der Waals surface area contributed by atoms with Crippen LogP contribution in [0.1, 0.15) is 46.6 Å². The highest BCUT2D eigenvalue weighted by atomic mass is 15.1. The zero-order valence-corrected chi connectivity index (χ0v) is 49.3. The van der Waals surface area contributed by atoms with Gasteiger partial charge in [0.05, 0.1) is 33.4 Å². The molecular weight excluding hydrogens is 1090 g/mol. The second kappa shape index (κ2) is 21.2. The van der Waals surface area contributed by atoms with Gasteiger partial charge in [0.2, 0.25) is 0 Å². The third-order valence-corrected chi connectivity index (χ3v) is 15.6. The molecule has 17 heteroatoms. The van der Waals surface area contributed by atoms with Gasteiger partial charge in [-0.2, -0.15) is 0 Å². The first-order valence-electron chi connectivity index (χ1n) is 28.9. The minimum atomic E-state index is 0.515. The molecule has 0 unspecified atom stereocenters. The first-order valence-corrected chi connectivity index (χ1v) is 28.9. The van der Waals surface area contributed by atoms with Crippen molar-refractivity contribution in [3.8, 4) is 102 Å². The standard InChI is InChI=1S/C71H53N17/c1-38-72-39(2)77-67(76-38)48-24-29-60-55(33-48)56-34-49(68-78-40(3)73-41(4)79-68)25-30-61(56)87(60)59-22-16-15-21-53(59)54-28-23-52(71-85-65(46-17-11-9-12-18-46)84-66(86-71)47-19-13-10-14-20-47)37-64(54)88-62-31-26-50(69-80-42(5)74-43(6)81-69)35-57(62)58-36-51(27-32-63(58)88)70-82-44(7)75-45(8)83-70/h9-37H,1-8H3. The van der Waals surface area contributed by atoms with Crippen molar-refractivity contribution in [1.29, 1.82) is 0 Å². The lowest BCUT2D eigenvalue weighted by atomic mass is 9.98. The van der Waals surface area contributed by atoms with Crippen LogP contribution >= 0.6 is 0 Å². The number of aryl methyl sites for hydroxylation is 8. The zero-order valence-electron chi connectivity index (χ0n) is 49.3. The van der Waals surface area contributed by atoms with E-state index in [4.69, 9.17) is 54.8 Å². The minimum absolute atomic E-state index is 0.515. The minimum Gasteiger partial charge on any atom is -0.309 e. The molecule has 0 amide bonds. The van der Waals surface area contributed by atoms with Crippen molar-refractivity contribution in [1.82, 2.24) is 83.9 Å². The van der Waals surface area contributed by atoms with E-state index in [0.717, 1.165) is 105 Å². The number of fused-ring (bicyclic) bond motifs is 6. The summed E-state index contributed by atoms with van der Waals surface area (Å²) in [5, 5.41) is 3.93. The highest BCUT2D eigenvalue weighted by Crippen LogP contribution is 2.44. The van der Waals surface area contributed by atoms with Crippen molar-refractivity contribution < 1.29 is 0 Å². The van der Waals surface area contributed by atoms with Gasteiger partial charge in [-0.15, -0.1) is 0 Å². The number of aromatic nitrogens is 17. The van der Waals surface area contributed by atoms with E-state index < -0.39 is 0 Å². The van der Waals surface area contributed by atoms with Crippen LogP contribution < -0.4 is 0 Å². The Morgan fingerprint density at radius 1 is 0.205 bits per heavy atom. The summed E-state index contributed by atoms with van der Waals surface area (Å²) in [7, 11) is 0. The fourth-order valence-corrected chi connectivity index (χ4v) is 12.0. The summed E-state index contributed by atoms with van der Waals surface area (Å²) in [5.74, 6) is 9.18. The fourth-order valence-electron chi connectivity index (χ4n) is 12.0. The average molecular weight is 1140 g/mol. The third kappa shape index (κ3) is 9.60. The van der Waals surface area contributed by atoms with Gasteiger partial charge in [0.25, 0.3) is 0 Å². The Morgan fingerprint density at radius 3 is 0.818 bits per heavy atom. The molecule has 0 aliphatic heterocycles. The molecule has 0 bridgehead atoms. The van der Waals surface area contributed by atoms with Crippen molar-refractivity contribution >= 4 is 43.6 Å². The molecule has 8 aromatic carbocycles. The predicted octanol–water partition coefficient (Wildman–Crippen LogP) is 14.6. The van der Waals surface area contributed by atoms with E-state index in [9.17, 15) is 0 Å². The Balaban J connectivity index is 1.02. The highest BCUT2D eigenvalue weighted by molar-refractivity contribution is 6.14. The van der Waals surface area contributed by atoms with E-state index in [1.165, 1.54) is 0 Å². The summed E-state index contributed by atoms with van der Waals surface area (Å²) in [4.78, 5) is 72.2. The maximum absolute atomic E-state index is 5.27. The maximum atomic E-state index is 5.27. The van der Waals surface area contributed by atoms with Crippen LogP contribution in [0.25, 0.3) is 146 Å². The van der Waals surface area contributed by atoms with E-state index >= 15 is 0 Å². The van der Waals surface area contributed by atoms with Gasteiger partial charge in [0, 0.05) is 71.6 Å². The van der Waals surface area contributed by atoms with E-state index in [1.54, 1.807) is 0 Å². The Morgan fingerprint density at radius 2 is 0.466 bits per heavy atom. The molecule has 0 aliphatic carbocycles. The first kappa shape index (κ1) is 53.2. The second-order valence-corrected chi connectivity index (χ2v) is 21.9. The first-order chi connectivity index (χ1) is 42.8. The van der Waals surface area contributed by atoms with Gasteiger partial charge < -0.3 is 9.13 Å². The lowest BCUT2D eigenvalue weighted by Gasteiger charge is -2.20. The largest absolute Gasteiger partial charge is 0.309 e. The maximum Gasteiger partial charge on any atom is 0.164 e. The number of benzene rings is 8. The topological polar surface area (TPSA) is 203 Å². The molecule has 15 rings (SSSR count). The van der Waals surface area contributed by atoms with Gasteiger partial charge in [-0.05, 0) is 140 Å². The molecule has 17 nitrogen and oxygen atoms in total. The summed E-state index contributed by atoms with van der Waals surface area (Å²) in [6.45, 7) is 15.1. The smallest absolute Gasteiger partial charge is 0.164 e. The summed E-state index contributed by atoms with van der Waals surface area (Å²) >= 11 is 0. The van der Waals surface area contributed by atoms with Crippen LogP contribution in [0.4, 0.5) is 0 Å². The molecule has 0 saturated carbocycles. The van der Waals surface area contributed by atoms with Gasteiger partial charge in [-0.3, -0.25) is 0 Å². The summed E-state index contributed by atoms with van der Waals surface area (Å²) in [5.41, 5.74) is 13.5. The molecule has 0 fully saturated rings. The Hall–Kier alpha value is -11.6. The number of hydrogen-bond acceptors (Lipinski definition) is 15. The summed E-state index contributed by atoms with van der Waals surface area (Å²) in [6.07, 6.45) is 0. The van der Waals surface area contributed by atoms with Crippen molar-refractivity contribution in [3.63, 3.8) is 0 Å². The van der Waals surface area contributed by atoms with E-state index in [2.05, 4.69) is 144 Å². The predicted molar refractivity (Wildman–Crippen MR) is 343 cm³/mol. The number of hydrogen-bond donors (Lipinski definition) is 0. The summed E-state index contributed by atoms with van der Waals surface area (Å²) < 4.78 is 4.70. The average Bonchev–Trinajstić information content (AvgIpc) is 2.90. The van der Waals surface area contributed by atoms with Gasteiger partial charge in [0.15, 0.2) is 40.8 Å². The lowest BCUT2D eigenvalue weighted by molar-refractivity contribution is 0.928. The molecule has 7 aromatic heterocycles. The van der Waals surface area contributed by atoms with Crippen molar-refractivity contribution in [2.45, 2.75) is 55.4 Å². The molecule has 0 N–H and O–H groups in total. The van der Waals surface area contributed by atoms with Crippen molar-refractivity contribution in [3.05, 3.63) is 223 Å². The molecule has 0 spiro atoms. The second-order valence-electron chi connectivity index (χ2n) is 21.9. The molecule has 0 atom stereocenters. The van der Waals surface area contributed by atoms with Crippen molar-refractivity contribution in [2.75, 3.05) is 0 Å². The van der Waals surface area contributed by atoms with Gasteiger partial charge in [0.1, 0.15) is 46.6 Å². The molecule has 422 valence electrons. The van der Waals surface area contributed by atoms with E-state index in [-0.39, 0.29) is 0 Å². The Kier molecular flexibility index (Phi) is 12.8. The molecule has 15 aromatic rings. The fraction of sp³-hybridized carbons (Fsp3) is 0.113. The lowest BCUT2D eigenvalue weighted by Crippen LogP contribution is -2.04. The van der Waals surface area contributed by atoms with Crippen LogP contribution in [-0.4, -0.2) is 83.9 Å². The molecule has 7 heterocycles. The van der Waals surface area contributed by atoms with Crippen molar-refractivity contribution in [2.24, 2.45) is 0 Å². The van der Waals surface area contributed by atoms with Gasteiger partial charge >= 0.3 is 0 Å². The normalized spacial score (nSPS) is 11.6. The van der Waals surface area contributed by atoms with Gasteiger partial charge in [-0.25, -0.2) is 74.8 Å². The monoisotopic (exact) mass is 1140 g/mol. The number of rotatable bonds is 10. The highest BCUT2D eigenvalue weighted by Gasteiger charge is 2.25. The molecule has 0 saturated heterocycles. The molecule has 0 aliphatic rings. The van der Waals surface area contributed by atoms with Crippen LogP contribution in [0.5, 0.6) is 0 Å². The van der Waals surface area contributed by atoms with Crippen LogP contribution in [0.15, 0.2) is 176 Å². The van der Waals surface area contributed by atoms with Crippen LogP contribution in [0.3, 0.4) is 0 Å². The zero-order chi connectivity index (χ0) is 59.9. The Bertz CT molecular complexity index is 4970. The molecule has 0 radical (unpaired) electrons. The summed E-state index contributed by atoms with van der Waals surface area (Å²) in [6, 6.07) is 61.0. The van der Waals surface area contributed by atoms with E-state index in [1.807, 2.05) is 116 Å². The molecule has 88 heavy (non-hydrogen) atoms. The van der Waals surface area contributed by atoms with Crippen LogP contribution in [0.2, 0.25) is 0 Å².